The number of hydrogen-bond donors (Lipinski definition) is 1. The van der Waals surface area contributed by atoms with Gasteiger partial charge in [-0.2, -0.15) is 5.26 Å². The Balaban J connectivity index is 1.75. The molecule has 0 spiro atoms. The first kappa shape index (κ1) is 21.1. The highest BCUT2D eigenvalue weighted by Gasteiger charge is 2.20. The van der Waals surface area contributed by atoms with Gasteiger partial charge >= 0.3 is 0 Å². The number of rotatable bonds is 8. The highest BCUT2D eigenvalue weighted by atomic mass is 32.2. The third-order valence-corrected chi connectivity index (χ3v) is 5.39. The van der Waals surface area contributed by atoms with Crippen LogP contribution >= 0.6 is 11.8 Å². The molecular formula is C22H21N5O2S. The molecule has 2 aromatic carbocycles. The summed E-state index contributed by atoms with van der Waals surface area (Å²) in [6.45, 7) is 6.14. The van der Waals surface area contributed by atoms with Gasteiger partial charge in [0.05, 0.1) is 24.0 Å². The highest BCUT2D eigenvalue weighted by molar-refractivity contribution is 8.00. The third-order valence-electron chi connectivity index (χ3n) is 4.31. The van der Waals surface area contributed by atoms with Crippen molar-refractivity contribution in [3.8, 4) is 23.2 Å². The molecular weight excluding hydrogens is 398 g/mol. The Kier molecular flexibility index (Phi) is 6.88. The van der Waals surface area contributed by atoms with E-state index in [9.17, 15) is 4.79 Å². The zero-order chi connectivity index (χ0) is 21.5. The van der Waals surface area contributed by atoms with Gasteiger partial charge in [0, 0.05) is 17.8 Å². The third kappa shape index (κ3) is 4.88. The lowest BCUT2D eigenvalue weighted by Gasteiger charge is -2.13. The van der Waals surface area contributed by atoms with Crippen molar-refractivity contribution in [2.75, 3.05) is 12.4 Å². The summed E-state index contributed by atoms with van der Waals surface area (Å²) in [7, 11) is 1.62. The lowest BCUT2D eigenvalue weighted by molar-refractivity contribution is -0.115. The van der Waals surface area contributed by atoms with Crippen LogP contribution in [-0.4, -0.2) is 33.0 Å². The number of aromatic nitrogens is 3. The fraction of sp³-hybridized carbons (Fsp3) is 0.182. The van der Waals surface area contributed by atoms with Gasteiger partial charge in [0.1, 0.15) is 5.75 Å². The van der Waals surface area contributed by atoms with Gasteiger partial charge in [-0.25, -0.2) is 0 Å². The molecule has 0 bridgehead atoms. The van der Waals surface area contributed by atoms with Gasteiger partial charge in [0.25, 0.3) is 0 Å². The Bertz CT molecular complexity index is 1070. The van der Waals surface area contributed by atoms with Crippen LogP contribution in [0.1, 0.15) is 12.5 Å². The van der Waals surface area contributed by atoms with E-state index in [0.717, 1.165) is 11.3 Å². The van der Waals surface area contributed by atoms with Gasteiger partial charge in [-0.1, -0.05) is 17.8 Å². The van der Waals surface area contributed by atoms with E-state index in [4.69, 9.17) is 10.00 Å². The van der Waals surface area contributed by atoms with Crippen LogP contribution in [0, 0.1) is 11.3 Å². The van der Waals surface area contributed by atoms with Crippen molar-refractivity contribution < 1.29 is 9.53 Å². The predicted octanol–water partition coefficient (Wildman–Crippen LogP) is 4.13. The second kappa shape index (κ2) is 9.76. The first-order valence-corrected chi connectivity index (χ1v) is 10.1. The molecule has 1 N–H and O–H groups in total. The molecule has 1 aromatic heterocycles. The van der Waals surface area contributed by atoms with Crippen LogP contribution in [0.2, 0.25) is 0 Å². The van der Waals surface area contributed by atoms with E-state index in [-0.39, 0.29) is 5.91 Å². The molecule has 0 radical (unpaired) electrons. The lowest BCUT2D eigenvalue weighted by atomic mass is 10.2. The Hall–Kier alpha value is -3.57. The van der Waals surface area contributed by atoms with Crippen molar-refractivity contribution in [2.24, 2.45) is 0 Å². The summed E-state index contributed by atoms with van der Waals surface area (Å²) in [5.41, 5.74) is 2.07. The molecule has 1 atom stereocenters. The average Bonchev–Trinajstić information content (AvgIpc) is 3.16. The Morgan fingerprint density at radius 2 is 1.97 bits per heavy atom. The van der Waals surface area contributed by atoms with Gasteiger partial charge in [-0.05, 0) is 55.5 Å². The minimum Gasteiger partial charge on any atom is -0.497 e. The number of benzene rings is 2. The molecule has 8 heteroatoms. The first-order chi connectivity index (χ1) is 14.5. The average molecular weight is 420 g/mol. The topological polar surface area (TPSA) is 92.8 Å². The van der Waals surface area contributed by atoms with Crippen LogP contribution in [0.4, 0.5) is 5.69 Å². The zero-order valence-corrected chi connectivity index (χ0v) is 17.5. The normalized spacial score (nSPS) is 11.4. The molecule has 7 nitrogen and oxygen atoms in total. The smallest absolute Gasteiger partial charge is 0.237 e. The molecule has 0 aliphatic carbocycles. The monoisotopic (exact) mass is 419 g/mol. The number of methoxy groups -OCH3 is 1. The summed E-state index contributed by atoms with van der Waals surface area (Å²) in [5, 5.41) is 20.6. The number of carbonyl (C=O) groups is 1. The second-order valence-corrected chi connectivity index (χ2v) is 7.68. The molecule has 0 aliphatic heterocycles. The minimum atomic E-state index is -0.405. The SMILES string of the molecule is C=CCn1c(S[C@@H](C)C(=O)Nc2ccc(C#N)cc2)nnc1-c1ccc(OC)cc1. The number of ether oxygens (including phenoxy) is 1. The summed E-state index contributed by atoms with van der Waals surface area (Å²) in [6.07, 6.45) is 1.77. The first-order valence-electron chi connectivity index (χ1n) is 9.22. The number of allylic oxidation sites excluding steroid dienone is 1. The highest BCUT2D eigenvalue weighted by Crippen LogP contribution is 2.28. The molecule has 1 amide bonds. The molecule has 30 heavy (non-hydrogen) atoms. The van der Waals surface area contributed by atoms with Gasteiger partial charge in [-0.15, -0.1) is 16.8 Å². The standard InChI is InChI=1S/C22H21N5O2S/c1-4-13-27-20(17-7-11-19(29-3)12-8-17)25-26-22(27)30-15(2)21(28)24-18-9-5-16(14-23)6-10-18/h4-12,15H,1,13H2,2-3H3,(H,24,28)/t15-/m0/s1. The van der Waals surface area contributed by atoms with Crippen LogP contribution in [0.25, 0.3) is 11.4 Å². The maximum atomic E-state index is 12.6. The number of nitriles is 1. The van der Waals surface area contributed by atoms with Crippen molar-refractivity contribution in [2.45, 2.75) is 23.9 Å². The lowest BCUT2D eigenvalue weighted by Crippen LogP contribution is -2.23. The summed E-state index contributed by atoms with van der Waals surface area (Å²) >= 11 is 1.32. The number of carbonyl (C=O) groups excluding carboxylic acids is 1. The fourth-order valence-corrected chi connectivity index (χ4v) is 3.57. The van der Waals surface area contributed by atoms with E-state index in [0.29, 0.717) is 28.8 Å². The summed E-state index contributed by atoms with van der Waals surface area (Å²) in [4.78, 5) is 12.6. The number of hydrogen-bond acceptors (Lipinski definition) is 6. The van der Waals surface area contributed by atoms with Crippen molar-refractivity contribution in [1.82, 2.24) is 14.8 Å². The van der Waals surface area contributed by atoms with Crippen LogP contribution in [0.15, 0.2) is 66.3 Å². The molecule has 152 valence electrons. The molecule has 3 rings (SSSR count). The van der Waals surface area contributed by atoms with Gasteiger partial charge in [-0.3, -0.25) is 9.36 Å². The maximum Gasteiger partial charge on any atom is 0.237 e. The minimum absolute atomic E-state index is 0.163. The Morgan fingerprint density at radius 3 is 2.57 bits per heavy atom. The number of anilines is 1. The van der Waals surface area contributed by atoms with E-state index in [1.165, 1.54) is 11.8 Å². The Morgan fingerprint density at radius 1 is 1.27 bits per heavy atom. The van der Waals surface area contributed by atoms with Crippen molar-refractivity contribution in [3.05, 3.63) is 66.7 Å². The van der Waals surface area contributed by atoms with Gasteiger partial charge < -0.3 is 10.1 Å². The van der Waals surface area contributed by atoms with Gasteiger partial charge in [0.2, 0.25) is 5.91 Å². The van der Waals surface area contributed by atoms with E-state index in [1.807, 2.05) is 35.8 Å². The van der Waals surface area contributed by atoms with Crippen molar-refractivity contribution in [3.63, 3.8) is 0 Å². The Labute approximate surface area is 179 Å². The summed E-state index contributed by atoms with van der Waals surface area (Å²) in [6, 6.07) is 16.3. The molecule has 1 heterocycles. The molecule has 0 unspecified atom stereocenters. The number of nitrogens with zero attached hydrogens (tertiary/aromatic N) is 4. The molecule has 0 fully saturated rings. The summed E-state index contributed by atoms with van der Waals surface area (Å²) < 4.78 is 7.13. The number of amides is 1. The van der Waals surface area contributed by atoms with Crippen LogP contribution < -0.4 is 10.1 Å². The molecule has 0 saturated heterocycles. The molecule has 3 aromatic rings. The van der Waals surface area contributed by atoms with Crippen molar-refractivity contribution >= 4 is 23.4 Å². The van der Waals surface area contributed by atoms with Gasteiger partial charge in [0.15, 0.2) is 11.0 Å². The number of nitrogens with one attached hydrogen (secondary N) is 1. The van der Waals surface area contributed by atoms with E-state index >= 15 is 0 Å². The molecule has 0 saturated carbocycles. The maximum absolute atomic E-state index is 12.6. The molecule has 0 aliphatic rings. The van der Waals surface area contributed by atoms with E-state index in [1.54, 1.807) is 37.5 Å². The van der Waals surface area contributed by atoms with E-state index < -0.39 is 5.25 Å². The van der Waals surface area contributed by atoms with Crippen LogP contribution in [0.3, 0.4) is 0 Å². The zero-order valence-electron chi connectivity index (χ0n) is 16.7. The van der Waals surface area contributed by atoms with Crippen LogP contribution in [-0.2, 0) is 11.3 Å². The fourth-order valence-electron chi connectivity index (χ4n) is 2.71. The number of thioether (sulfide) groups is 1. The van der Waals surface area contributed by atoms with Crippen molar-refractivity contribution in [1.29, 1.82) is 5.26 Å². The second-order valence-electron chi connectivity index (χ2n) is 6.37. The largest absolute Gasteiger partial charge is 0.497 e. The summed E-state index contributed by atoms with van der Waals surface area (Å²) in [5.74, 6) is 1.29. The van der Waals surface area contributed by atoms with Crippen LogP contribution in [0.5, 0.6) is 5.75 Å². The quantitative estimate of drug-likeness (QED) is 0.436. The van der Waals surface area contributed by atoms with E-state index in [2.05, 4.69) is 28.2 Å². The predicted molar refractivity (Wildman–Crippen MR) is 117 cm³/mol.